The van der Waals surface area contributed by atoms with Crippen LogP contribution in [0.25, 0.3) is 11.0 Å². The molecule has 0 aliphatic heterocycles. The summed E-state index contributed by atoms with van der Waals surface area (Å²) in [5.74, 6) is 6.07. The Bertz CT molecular complexity index is 1370. The number of hydrogen-bond acceptors (Lipinski definition) is 4. The van der Waals surface area contributed by atoms with E-state index in [2.05, 4.69) is 37.4 Å². The second kappa shape index (κ2) is 8.43. The van der Waals surface area contributed by atoms with Crippen LogP contribution in [0.2, 0.25) is 0 Å². The number of aromatic nitrogens is 3. The van der Waals surface area contributed by atoms with Crippen LogP contribution in [-0.4, -0.2) is 27.9 Å². The molecule has 0 fully saturated rings. The number of hydrogen-bond donors (Lipinski definition) is 3. The van der Waals surface area contributed by atoms with E-state index in [9.17, 15) is 18.0 Å². The smallest absolute Gasteiger partial charge is 0.372 e. The Morgan fingerprint density at radius 2 is 1.88 bits per heavy atom. The SMILES string of the molecule is CNc1ncnc2[nH]cc(C#Cc3cccc(NC(=O)c4cccc(C(F)(F)F)c4)c3)c12. The number of H-pyrrole nitrogens is 1. The fourth-order valence-corrected chi connectivity index (χ4v) is 3.11. The van der Waals surface area contributed by atoms with E-state index in [4.69, 9.17) is 0 Å². The summed E-state index contributed by atoms with van der Waals surface area (Å²) < 4.78 is 38.7. The van der Waals surface area contributed by atoms with Crippen molar-refractivity contribution in [3.05, 3.63) is 83.3 Å². The summed E-state index contributed by atoms with van der Waals surface area (Å²) in [7, 11) is 1.75. The molecule has 1 amide bonds. The third-order valence-corrected chi connectivity index (χ3v) is 4.62. The maximum absolute atomic E-state index is 12.9. The van der Waals surface area contributed by atoms with E-state index in [1.807, 2.05) is 0 Å². The number of carbonyl (C=O) groups is 1. The largest absolute Gasteiger partial charge is 0.416 e. The summed E-state index contributed by atoms with van der Waals surface area (Å²) in [6.07, 6.45) is -1.35. The van der Waals surface area contributed by atoms with Crippen LogP contribution in [0, 0.1) is 11.8 Å². The fourth-order valence-electron chi connectivity index (χ4n) is 3.11. The summed E-state index contributed by atoms with van der Waals surface area (Å²) in [5.41, 5.74) is 1.41. The molecular formula is C23H16F3N5O. The van der Waals surface area contributed by atoms with Crippen molar-refractivity contribution in [2.24, 2.45) is 0 Å². The van der Waals surface area contributed by atoms with Crippen LogP contribution < -0.4 is 10.6 Å². The van der Waals surface area contributed by atoms with Gasteiger partial charge >= 0.3 is 6.18 Å². The molecule has 6 nitrogen and oxygen atoms in total. The van der Waals surface area contributed by atoms with Crippen LogP contribution >= 0.6 is 0 Å². The van der Waals surface area contributed by atoms with Gasteiger partial charge in [-0.3, -0.25) is 4.79 Å². The number of carbonyl (C=O) groups excluding carboxylic acids is 1. The number of nitrogens with one attached hydrogen (secondary N) is 3. The Kier molecular flexibility index (Phi) is 5.52. The molecule has 0 radical (unpaired) electrons. The van der Waals surface area contributed by atoms with E-state index in [0.29, 0.717) is 28.3 Å². The van der Waals surface area contributed by atoms with Gasteiger partial charge in [-0.05, 0) is 36.4 Å². The normalized spacial score (nSPS) is 11.0. The first-order valence-corrected chi connectivity index (χ1v) is 9.45. The van der Waals surface area contributed by atoms with Gasteiger partial charge in [0.25, 0.3) is 5.91 Å². The highest BCUT2D eigenvalue weighted by Crippen LogP contribution is 2.29. The Labute approximate surface area is 180 Å². The van der Waals surface area contributed by atoms with Gasteiger partial charge in [0, 0.05) is 30.1 Å². The minimum absolute atomic E-state index is 0.0882. The third-order valence-electron chi connectivity index (χ3n) is 4.62. The van der Waals surface area contributed by atoms with E-state index >= 15 is 0 Å². The summed E-state index contributed by atoms with van der Waals surface area (Å²) in [6, 6.07) is 11.0. The highest BCUT2D eigenvalue weighted by atomic mass is 19.4. The van der Waals surface area contributed by atoms with Crippen molar-refractivity contribution in [2.75, 3.05) is 17.7 Å². The predicted molar refractivity (Wildman–Crippen MR) is 115 cm³/mol. The first kappa shape index (κ1) is 20.9. The topological polar surface area (TPSA) is 82.7 Å². The Balaban J connectivity index is 1.57. The second-order valence-electron chi connectivity index (χ2n) is 6.76. The van der Waals surface area contributed by atoms with E-state index < -0.39 is 17.6 Å². The van der Waals surface area contributed by atoms with Gasteiger partial charge in [-0.15, -0.1) is 0 Å². The zero-order valence-electron chi connectivity index (χ0n) is 16.7. The van der Waals surface area contributed by atoms with Crippen molar-refractivity contribution in [1.82, 2.24) is 15.0 Å². The molecule has 4 aromatic rings. The molecular weight excluding hydrogens is 419 g/mol. The average molecular weight is 435 g/mol. The van der Waals surface area contributed by atoms with E-state index in [0.717, 1.165) is 17.5 Å². The van der Waals surface area contributed by atoms with Crippen molar-refractivity contribution in [3.63, 3.8) is 0 Å². The zero-order valence-corrected chi connectivity index (χ0v) is 16.7. The summed E-state index contributed by atoms with van der Waals surface area (Å²) in [5, 5.41) is 6.37. The number of halogens is 3. The number of anilines is 2. The lowest BCUT2D eigenvalue weighted by Gasteiger charge is -2.09. The van der Waals surface area contributed by atoms with Crippen LogP contribution in [-0.2, 0) is 6.18 Å². The Morgan fingerprint density at radius 3 is 2.66 bits per heavy atom. The number of benzene rings is 2. The molecule has 4 rings (SSSR count). The standard InChI is InChI=1S/C23H16F3N5O/c1-27-20-19-16(12-28-21(19)30-13-29-20)9-8-14-4-2-7-18(10-14)31-22(32)15-5-3-6-17(11-15)23(24,25)26/h2-7,10-13H,1H3,(H,31,32)(H2,27,28,29,30). The van der Waals surface area contributed by atoms with Crippen molar-refractivity contribution < 1.29 is 18.0 Å². The van der Waals surface area contributed by atoms with E-state index in [1.54, 1.807) is 37.5 Å². The van der Waals surface area contributed by atoms with Gasteiger partial charge in [0.15, 0.2) is 0 Å². The fraction of sp³-hybridized carbons (Fsp3) is 0.0870. The molecule has 0 spiro atoms. The van der Waals surface area contributed by atoms with Gasteiger partial charge in [-0.25, -0.2) is 9.97 Å². The lowest BCUT2D eigenvalue weighted by molar-refractivity contribution is -0.137. The highest BCUT2D eigenvalue weighted by Gasteiger charge is 2.30. The molecule has 0 atom stereocenters. The minimum Gasteiger partial charge on any atom is -0.372 e. The van der Waals surface area contributed by atoms with E-state index in [-0.39, 0.29) is 5.56 Å². The van der Waals surface area contributed by atoms with Crippen LogP contribution in [0.4, 0.5) is 24.7 Å². The minimum atomic E-state index is -4.52. The molecule has 0 aliphatic rings. The van der Waals surface area contributed by atoms with Gasteiger partial charge in [0.2, 0.25) is 0 Å². The van der Waals surface area contributed by atoms with Crippen molar-refractivity contribution in [1.29, 1.82) is 0 Å². The maximum Gasteiger partial charge on any atom is 0.416 e. The number of alkyl halides is 3. The molecule has 0 bridgehead atoms. The molecule has 9 heteroatoms. The zero-order chi connectivity index (χ0) is 22.7. The molecule has 0 saturated heterocycles. The van der Waals surface area contributed by atoms with E-state index in [1.165, 1.54) is 18.5 Å². The quantitative estimate of drug-likeness (QED) is 0.409. The van der Waals surface area contributed by atoms with Gasteiger partial charge in [0.05, 0.1) is 16.5 Å². The Morgan fingerprint density at radius 1 is 1.06 bits per heavy atom. The first-order valence-electron chi connectivity index (χ1n) is 9.45. The van der Waals surface area contributed by atoms with Crippen molar-refractivity contribution in [2.45, 2.75) is 6.18 Å². The molecule has 32 heavy (non-hydrogen) atoms. The molecule has 160 valence electrons. The third kappa shape index (κ3) is 4.39. The number of aromatic amines is 1. The van der Waals surface area contributed by atoms with Crippen LogP contribution in [0.5, 0.6) is 0 Å². The molecule has 2 aromatic heterocycles. The monoisotopic (exact) mass is 435 g/mol. The number of amides is 1. The van der Waals surface area contributed by atoms with Gasteiger partial charge in [-0.1, -0.05) is 24.0 Å². The van der Waals surface area contributed by atoms with Crippen LogP contribution in [0.15, 0.2) is 61.1 Å². The van der Waals surface area contributed by atoms with Gasteiger partial charge < -0.3 is 15.6 Å². The lowest BCUT2D eigenvalue weighted by atomic mass is 10.1. The number of nitrogens with zero attached hydrogens (tertiary/aromatic N) is 2. The Hall–Kier alpha value is -4.32. The second-order valence-corrected chi connectivity index (χ2v) is 6.76. The van der Waals surface area contributed by atoms with Crippen molar-refractivity contribution in [3.8, 4) is 11.8 Å². The molecule has 0 unspecified atom stereocenters. The summed E-state index contributed by atoms with van der Waals surface area (Å²) in [6.45, 7) is 0. The number of fused-ring (bicyclic) bond motifs is 1. The molecule has 3 N–H and O–H groups in total. The maximum atomic E-state index is 12.9. The molecule has 0 aliphatic carbocycles. The molecule has 2 heterocycles. The highest BCUT2D eigenvalue weighted by molar-refractivity contribution is 6.04. The van der Waals surface area contributed by atoms with Crippen molar-refractivity contribution >= 4 is 28.4 Å². The first-order chi connectivity index (χ1) is 15.3. The summed E-state index contributed by atoms with van der Waals surface area (Å²) in [4.78, 5) is 23.8. The van der Waals surface area contributed by atoms with Gasteiger partial charge in [-0.2, -0.15) is 13.2 Å². The van der Waals surface area contributed by atoms with Crippen LogP contribution in [0.1, 0.15) is 27.0 Å². The molecule has 2 aromatic carbocycles. The lowest BCUT2D eigenvalue weighted by Crippen LogP contribution is -2.14. The summed E-state index contributed by atoms with van der Waals surface area (Å²) >= 11 is 0. The van der Waals surface area contributed by atoms with Gasteiger partial charge in [0.1, 0.15) is 17.8 Å². The predicted octanol–water partition coefficient (Wildman–Crippen LogP) is 4.67. The molecule has 0 saturated carbocycles. The van der Waals surface area contributed by atoms with Crippen LogP contribution in [0.3, 0.4) is 0 Å². The average Bonchev–Trinajstić information content (AvgIpc) is 3.21. The number of rotatable bonds is 3.